The van der Waals surface area contributed by atoms with Crippen molar-refractivity contribution in [2.75, 3.05) is 38.7 Å². The maximum absolute atomic E-state index is 13.0. The molecule has 1 N–H and O–H groups in total. The summed E-state index contributed by atoms with van der Waals surface area (Å²) in [5.74, 6) is 0.345. The Hall–Kier alpha value is -3.30. The van der Waals surface area contributed by atoms with Crippen LogP contribution in [0.15, 0.2) is 54.6 Å². The van der Waals surface area contributed by atoms with Crippen molar-refractivity contribution < 1.29 is 19.1 Å². The number of amides is 2. The van der Waals surface area contributed by atoms with Crippen molar-refractivity contribution in [2.24, 2.45) is 0 Å². The van der Waals surface area contributed by atoms with Crippen molar-refractivity contribution in [2.45, 2.75) is 26.2 Å². The molecule has 1 heterocycles. The first-order valence-corrected chi connectivity index (χ1v) is 12.1. The molecule has 2 aromatic carbocycles. The first kappa shape index (κ1) is 25.3. The van der Waals surface area contributed by atoms with Gasteiger partial charge in [0.15, 0.2) is 0 Å². The summed E-state index contributed by atoms with van der Waals surface area (Å²) in [4.78, 5) is 27.2. The molecular weight excluding hydrogens is 452 g/mol. The summed E-state index contributed by atoms with van der Waals surface area (Å²) in [5.41, 5.74) is 1.48. The number of carbonyl (C=O) groups excluding carboxylic acids is 2. The molecule has 0 bridgehead atoms. The first-order chi connectivity index (χ1) is 16.6. The molecule has 0 atom stereocenters. The van der Waals surface area contributed by atoms with E-state index in [2.05, 4.69) is 22.4 Å². The zero-order valence-corrected chi connectivity index (χ0v) is 20.3. The average Bonchev–Trinajstić information content (AvgIpc) is 3.33. The minimum atomic E-state index is -0.231. The molecule has 1 aromatic heterocycles. The lowest BCUT2D eigenvalue weighted by molar-refractivity contribution is -0.116. The number of aromatic nitrogens is 2. The fourth-order valence-corrected chi connectivity index (χ4v) is 3.88. The predicted molar refractivity (Wildman–Crippen MR) is 133 cm³/mol. The van der Waals surface area contributed by atoms with Crippen LogP contribution >= 0.6 is 11.3 Å². The second kappa shape index (κ2) is 13.4. The SMILES string of the molecule is CCCCOc1ccc(C(=O)N(CCOC)CCC(=O)Nc2nnc(-c3ccccc3)s2)cc1. The number of nitrogens with zero attached hydrogens (tertiary/aromatic N) is 3. The lowest BCUT2D eigenvalue weighted by atomic mass is 10.2. The third-order valence-corrected chi connectivity index (χ3v) is 5.91. The van der Waals surface area contributed by atoms with Gasteiger partial charge in [0, 0.05) is 37.7 Å². The van der Waals surface area contributed by atoms with E-state index in [4.69, 9.17) is 9.47 Å². The maximum Gasteiger partial charge on any atom is 0.253 e. The molecule has 3 aromatic rings. The Morgan fingerprint density at radius 1 is 1.00 bits per heavy atom. The molecule has 0 saturated heterocycles. The number of nitrogens with one attached hydrogen (secondary N) is 1. The number of benzene rings is 2. The zero-order valence-electron chi connectivity index (χ0n) is 19.5. The van der Waals surface area contributed by atoms with Crippen LogP contribution in [0.2, 0.25) is 0 Å². The van der Waals surface area contributed by atoms with Gasteiger partial charge in [-0.1, -0.05) is 55.0 Å². The maximum atomic E-state index is 13.0. The molecule has 0 spiro atoms. The second-order valence-electron chi connectivity index (χ2n) is 7.59. The van der Waals surface area contributed by atoms with Gasteiger partial charge >= 0.3 is 0 Å². The average molecular weight is 483 g/mol. The van der Waals surface area contributed by atoms with Crippen LogP contribution in [-0.2, 0) is 9.53 Å². The number of anilines is 1. The molecule has 3 rings (SSSR count). The molecule has 0 aliphatic heterocycles. The summed E-state index contributed by atoms with van der Waals surface area (Å²) < 4.78 is 10.8. The third kappa shape index (κ3) is 7.64. The van der Waals surface area contributed by atoms with Crippen molar-refractivity contribution in [1.29, 1.82) is 0 Å². The van der Waals surface area contributed by atoms with Crippen LogP contribution in [0, 0.1) is 0 Å². The fraction of sp³-hybridized carbons (Fsp3) is 0.360. The largest absolute Gasteiger partial charge is 0.494 e. The van der Waals surface area contributed by atoms with E-state index in [1.54, 1.807) is 36.3 Å². The van der Waals surface area contributed by atoms with Crippen LogP contribution in [0.5, 0.6) is 5.75 Å². The summed E-state index contributed by atoms with van der Waals surface area (Å²) in [6.07, 6.45) is 2.18. The van der Waals surface area contributed by atoms with Gasteiger partial charge in [-0.3, -0.25) is 9.59 Å². The summed E-state index contributed by atoms with van der Waals surface area (Å²) in [5, 5.41) is 12.1. The Balaban J connectivity index is 1.55. The molecule has 9 heteroatoms. The van der Waals surface area contributed by atoms with E-state index in [-0.39, 0.29) is 24.8 Å². The standard InChI is InChI=1S/C25H30N4O4S/c1-3-4-17-33-21-12-10-20(11-13-21)24(31)29(16-18-32-2)15-14-22(30)26-25-28-27-23(34-25)19-8-6-5-7-9-19/h5-13H,3-4,14-18H2,1-2H3,(H,26,28,30). The number of hydrogen-bond acceptors (Lipinski definition) is 7. The molecule has 2 amide bonds. The zero-order chi connectivity index (χ0) is 24.2. The topological polar surface area (TPSA) is 93.6 Å². The molecule has 180 valence electrons. The van der Waals surface area contributed by atoms with E-state index < -0.39 is 0 Å². The van der Waals surface area contributed by atoms with Gasteiger partial charge in [-0.05, 0) is 30.7 Å². The minimum Gasteiger partial charge on any atom is -0.494 e. The van der Waals surface area contributed by atoms with E-state index in [9.17, 15) is 9.59 Å². The molecule has 0 saturated carbocycles. The summed E-state index contributed by atoms with van der Waals surface area (Å²) in [6, 6.07) is 16.7. The Bertz CT molecular complexity index is 1040. The Kier molecular flexibility index (Phi) is 9.99. The molecule has 8 nitrogen and oxygen atoms in total. The van der Waals surface area contributed by atoms with Crippen molar-refractivity contribution in [1.82, 2.24) is 15.1 Å². The van der Waals surface area contributed by atoms with Gasteiger partial charge in [0.1, 0.15) is 10.8 Å². The van der Waals surface area contributed by atoms with Gasteiger partial charge in [-0.2, -0.15) is 0 Å². The van der Waals surface area contributed by atoms with Crippen LogP contribution in [0.25, 0.3) is 10.6 Å². The highest BCUT2D eigenvalue weighted by molar-refractivity contribution is 7.18. The monoisotopic (exact) mass is 482 g/mol. The third-order valence-electron chi connectivity index (χ3n) is 5.02. The smallest absolute Gasteiger partial charge is 0.253 e. The predicted octanol–water partition coefficient (Wildman–Crippen LogP) is 4.50. The number of rotatable bonds is 13. The molecule has 34 heavy (non-hydrogen) atoms. The highest BCUT2D eigenvalue weighted by Crippen LogP contribution is 2.26. The van der Waals surface area contributed by atoms with Crippen molar-refractivity contribution >= 4 is 28.3 Å². The molecule has 0 aliphatic carbocycles. The van der Waals surface area contributed by atoms with E-state index in [0.29, 0.717) is 30.5 Å². The van der Waals surface area contributed by atoms with Crippen LogP contribution in [0.4, 0.5) is 5.13 Å². The van der Waals surface area contributed by atoms with Crippen LogP contribution in [0.1, 0.15) is 36.5 Å². The first-order valence-electron chi connectivity index (χ1n) is 11.3. The number of carbonyl (C=O) groups is 2. The van der Waals surface area contributed by atoms with E-state index >= 15 is 0 Å². The minimum absolute atomic E-state index is 0.133. The normalized spacial score (nSPS) is 10.6. The molecule has 0 fully saturated rings. The van der Waals surface area contributed by atoms with E-state index in [0.717, 1.165) is 29.2 Å². The summed E-state index contributed by atoms with van der Waals surface area (Å²) in [6.45, 7) is 3.78. The molecular formula is C25H30N4O4S. The molecule has 0 unspecified atom stereocenters. The Labute approximate surface area is 203 Å². The van der Waals surface area contributed by atoms with Gasteiger partial charge in [0.25, 0.3) is 5.91 Å². The van der Waals surface area contributed by atoms with Crippen molar-refractivity contribution in [3.8, 4) is 16.3 Å². The van der Waals surface area contributed by atoms with Crippen molar-refractivity contribution in [3.05, 3.63) is 60.2 Å². The highest BCUT2D eigenvalue weighted by Gasteiger charge is 2.18. The van der Waals surface area contributed by atoms with Gasteiger partial charge in [-0.15, -0.1) is 10.2 Å². The van der Waals surface area contributed by atoms with Gasteiger partial charge < -0.3 is 19.7 Å². The van der Waals surface area contributed by atoms with Crippen LogP contribution in [-0.4, -0.2) is 60.3 Å². The molecule has 0 radical (unpaired) electrons. The van der Waals surface area contributed by atoms with E-state index in [1.165, 1.54) is 11.3 Å². The lowest BCUT2D eigenvalue weighted by Crippen LogP contribution is -2.36. The van der Waals surface area contributed by atoms with Gasteiger partial charge in [0.05, 0.1) is 13.2 Å². The fourth-order valence-electron chi connectivity index (χ4n) is 3.12. The van der Waals surface area contributed by atoms with Crippen LogP contribution < -0.4 is 10.1 Å². The van der Waals surface area contributed by atoms with Gasteiger partial charge in [0.2, 0.25) is 11.0 Å². The lowest BCUT2D eigenvalue weighted by Gasteiger charge is -2.22. The molecule has 0 aliphatic rings. The number of methoxy groups -OCH3 is 1. The number of ether oxygens (including phenoxy) is 2. The number of unbranched alkanes of at least 4 members (excludes halogenated alkanes) is 1. The Morgan fingerprint density at radius 3 is 2.47 bits per heavy atom. The summed E-state index contributed by atoms with van der Waals surface area (Å²) in [7, 11) is 1.58. The highest BCUT2D eigenvalue weighted by atomic mass is 32.1. The Morgan fingerprint density at radius 2 is 1.76 bits per heavy atom. The number of hydrogen-bond donors (Lipinski definition) is 1. The second-order valence-corrected chi connectivity index (χ2v) is 8.57. The summed E-state index contributed by atoms with van der Waals surface area (Å²) >= 11 is 1.31. The quantitative estimate of drug-likeness (QED) is 0.361. The van der Waals surface area contributed by atoms with Crippen molar-refractivity contribution in [3.63, 3.8) is 0 Å². The van der Waals surface area contributed by atoms with Crippen LogP contribution in [0.3, 0.4) is 0 Å². The van der Waals surface area contributed by atoms with E-state index in [1.807, 2.05) is 30.3 Å². The van der Waals surface area contributed by atoms with Gasteiger partial charge in [-0.25, -0.2) is 0 Å².